The third-order valence-electron chi connectivity index (χ3n) is 4.87. The Labute approximate surface area is 155 Å². The number of carbonyl (C=O) groups excluding carboxylic acids is 1. The smallest absolute Gasteiger partial charge is 0.354 e. The van der Waals surface area contributed by atoms with E-state index in [-0.39, 0.29) is 18.0 Å². The fraction of sp³-hybridized carbons (Fsp3) is 0.611. The number of fused-ring (bicyclic) bond motifs is 1. The van der Waals surface area contributed by atoms with Gasteiger partial charge in [0.25, 0.3) is 0 Å². The molecule has 1 aliphatic carbocycles. The van der Waals surface area contributed by atoms with E-state index in [1.54, 1.807) is 6.20 Å². The second-order valence-corrected chi connectivity index (χ2v) is 6.89. The predicted molar refractivity (Wildman–Crippen MR) is 93.1 cm³/mol. The molecule has 0 fully saturated rings. The lowest BCUT2D eigenvalue weighted by Gasteiger charge is -2.09. The fourth-order valence-electron chi connectivity index (χ4n) is 3.49. The van der Waals surface area contributed by atoms with Crippen LogP contribution in [0.25, 0.3) is 0 Å². The minimum absolute atomic E-state index is 0.181. The minimum atomic E-state index is -4.49. The summed E-state index contributed by atoms with van der Waals surface area (Å²) < 4.78 is 43.0. The molecule has 0 radical (unpaired) electrons. The van der Waals surface area contributed by atoms with Crippen LogP contribution in [-0.4, -0.2) is 32.0 Å². The first-order valence-corrected chi connectivity index (χ1v) is 9.27. The molecular formula is C18H24F3N5O. The van der Waals surface area contributed by atoms with Gasteiger partial charge in [0.2, 0.25) is 5.91 Å². The summed E-state index contributed by atoms with van der Waals surface area (Å²) in [6.07, 6.45) is 1.26. The second-order valence-electron chi connectivity index (χ2n) is 6.89. The molecule has 0 bridgehead atoms. The van der Waals surface area contributed by atoms with Gasteiger partial charge in [-0.05, 0) is 45.1 Å². The number of hydrogen-bond donors (Lipinski definition) is 1. The van der Waals surface area contributed by atoms with Crippen molar-refractivity contribution in [1.82, 2.24) is 24.9 Å². The molecule has 2 aromatic heterocycles. The molecule has 148 valence electrons. The Hall–Kier alpha value is -2.32. The molecule has 6 nitrogen and oxygen atoms in total. The van der Waals surface area contributed by atoms with Gasteiger partial charge >= 0.3 is 6.18 Å². The van der Waals surface area contributed by atoms with Crippen molar-refractivity contribution < 1.29 is 18.0 Å². The minimum Gasteiger partial charge on any atom is -0.354 e. The van der Waals surface area contributed by atoms with E-state index in [9.17, 15) is 18.0 Å². The fourth-order valence-corrected chi connectivity index (χ4v) is 3.49. The molecule has 2 heterocycles. The summed E-state index contributed by atoms with van der Waals surface area (Å²) in [5, 5.41) is 10.7. The lowest BCUT2D eigenvalue weighted by Crippen LogP contribution is -2.30. The molecule has 9 heteroatoms. The zero-order chi connectivity index (χ0) is 19.4. The van der Waals surface area contributed by atoms with Crippen LogP contribution in [0.5, 0.6) is 0 Å². The molecule has 2 aromatic rings. The van der Waals surface area contributed by atoms with Crippen molar-refractivity contribution in [2.24, 2.45) is 0 Å². The van der Waals surface area contributed by atoms with Crippen LogP contribution >= 0.6 is 0 Å². The van der Waals surface area contributed by atoms with Gasteiger partial charge in [-0.3, -0.25) is 14.2 Å². The Kier molecular flexibility index (Phi) is 5.86. The van der Waals surface area contributed by atoms with Gasteiger partial charge in [-0.1, -0.05) is 6.42 Å². The second kappa shape index (κ2) is 8.14. The Balaban J connectivity index is 1.60. The van der Waals surface area contributed by atoms with Gasteiger partial charge < -0.3 is 5.32 Å². The number of rotatable bonds is 6. The van der Waals surface area contributed by atoms with Crippen LogP contribution in [0, 0.1) is 6.92 Å². The third-order valence-corrected chi connectivity index (χ3v) is 4.87. The van der Waals surface area contributed by atoms with Crippen molar-refractivity contribution in [3.05, 3.63) is 34.9 Å². The molecular weight excluding hydrogens is 359 g/mol. The van der Waals surface area contributed by atoms with Crippen LogP contribution in [0.15, 0.2) is 12.3 Å². The predicted octanol–water partition coefficient (Wildman–Crippen LogP) is 2.88. The molecule has 3 rings (SSSR count). The molecule has 27 heavy (non-hydrogen) atoms. The molecule has 0 aromatic carbocycles. The average Bonchev–Trinajstić information content (AvgIpc) is 3.06. The van der Waals surface area contributed by atoms with E-state index in [0.717, 1.165) is 25.0 Å². The number of hydrogen-bond acceptors (Lipinski definition) is 3. The molecule has 0 aliphatic heterocycles. The maximum absolute atomic E-state index is 13.3. The number of nitrogens with zero attached hydrogens (tertiary/aromatic N) is 4. The average molecular weight is 383 g/mol. The Morgan fingerprint density at radius 1 is 1.22 bits per heavy atom. The first kappa shape index (κ1) is 19.4. The van der Waals surface area contributed by atoms with Crippen LogP contribution in [0.4, 0.5) is 13.2 Å². The van der Waals surface area contributed by atoms with Gasteiger partial charge in [-0.15, -0.1) is 0 Å². The Morgan fingerprint density at radius 3 is 2.70 bits per heavy atom. The van der Waals surface area contributed by atoms with Crippen LogP contribution in [0.3, 0.4) is 0 Å². The van der Waals surface area contributed by atoms with Crippen LogP contribution in [-0.2, 0) is 36.9 Å². The molecule has 0 spiro atoms. The number of amides is 1. The van der Waals surface area contributed by atoms with Crippen LogP contribution < -0.4 is 5.32 Å². The summed E-state index contributed by atoms with van der Waals surface area (Å²) in [6.45, 7) is 2.88. The van der Waals surface area contributed by atoms with Crippen molar-refractivity contribution in [3.8, 4) is 0 Å². The molecule has 1 aliphatic rings. The zero-order valence-electron chi connectivity index (χ0n) is 15.3. The van der Waals surface area contributed by atoms with Gasteiger partial charge in [0.15, 0.2) is 5.69 Å². The van der Waals surface area contributed by atoms with Crippen molar-refractivity contribution in [3.63, 3.8) is 0 Å². The van der Waals surface area contributed by atoms with Gasteiger partial charge in [0.1, 0.15) is 6.54 Å². The van der Waals surface area contributed by atoms with E-state index in [1.165, 1.54) is 4.68 Å². The lowest BCUT2D eigenvalue weighted by molar-refractivity contribution is -0.142. The SMILES string of the molecule is Cc1ccnn1CCCNC(=O)Cn1nc(C(F)(F)F)c2c1CCCCC2. The van der Waals surface area contributed by atoms with Crippen LogP contribution in [0.2, 0.25) is 0 Å². The van der Waals surface area contributed by atoms with E-state index in [1.807, 2.05) is 17.7 Å². The summed E-state index contributed by atoms with van der Waals surface area (Å²) in [7, 11) is 0. The molecule has 1 N–H and O–H groups in total. The van der Waals surface area contributed by atoms with Crippen molar-refractivity contribution in [2.75, 3.05) is 6.54 Å². The van der Waals surface area contributed by atoms with E-state index < -0.39 is 11.9 Å². The number of aryl methyl sites for hydroxylation is 2. The Bertz CT molecular complexity index is 794. The third kappa shape index (κ3) is 4.70. The quantitative estimate of drug-likeness (QED) is 0.616. The maximum Gasteiger partial charge on any atom is 0.435 e. The van der Waals surface area contributed by atoms with Crippen molar-refractivity contribution in [2.45, 2.75) is 64.7 Å². The molecule has 0 saturated heterocycles. The number of aromatic nitrogens is 4. The molecule has 0 saturated carbocycles. The number of halogens is 3. The summed E-state index contributed by atoms with van der Waals surface area (Å²) in [6, 6.07) is 1.90. The largest absolute Gasteiger partial charge is 0.435 e. The number of nitrogens with one attached hydrogen (secondary N) is 1. The molecule has 1 amide bonds. The first-order chi connectivity index (χ1) is 12.9. The highest BCUT2D eigenvalue weighted by atomic mass is 19.4. The van der Waals surface area contributed by atoms with Crippen molar-refractivity contribution >= 4 is 5.91 Å². The summed E-state index contributed by atoms with van der Waals surface area (Å²) in [5.74, 6) is -0.324. The van der Waals surface area contributed by atoms with E-state index in [4.69, 9.17) is 0 Å². The van der Waals surface area contributed by atoms with Gasteiger partial charge in [-0.2, -0.15) is 23.4 Å². The standard InChI is InChI=1S/C18H24F3N5O/c1-13-8-10-23-25(13)11-5-9-22-16(27)12-26-15-7-4-2-3-6-14(15)17(24-26)18(19,20)21/h8,10H,2-7,9,11-12H2,1H3,(H,22,27). The lowest BCUT2D eigenvalue weighted by atomic mass is 10.1. The van der Waals surface area contributed by atoms with Crippen LogP contribution in [0.1, 0.15) is 48.3 Å². The highest BCUT2D eigenvalue weighted by Crippen LogP contribution is 2.35. The number of alkyl halides is 3. The summed E-state index contributed by atoms with van der Waals surface area (Å²) in [5.41, 5.74) is 1.03. The van der Waals surface area contributed by atoms with E-state index in [2.05, 4.69) is 15.5 Å². The normalized spacial score (nSPS) is 14.7. The Morgan fingerprint density at radius 2 is 2.00 bits per heavy atom. The van der Waals surface area contributed by atoms with Gasteiger partial charge in [0, 0.05) is 36.2 Å². The summed E-state index contributed by atoms with van der Waals surface area (Å²) in [4.78, 5) is 12.2. The monoisotopic (exact) mass is 383 g/mol. The first-order valence-electron chi connectivity index (χ1n) is 9.27. The molecule has 0 atom stereocenters. The van der Waals surface area contributed by atoms with Crippen molar-refractivity contribution in [1.29, 1.82) is 0 Å². The maximum atomic E-state index is 13.3. The van der Waals surface area contributed by atoms with Gasteiger partial charge in [-0.25, -0.2) is 0 Å². The van der Waals surface area contributed by atoms with E-state index in [0.29, 0.717) is 38.0 Å². The number of carbonyl (C=O) groups is 1. The van der Waals surface area contributed by atoms with Gasteiger partial charge in [0.05, 0.1) is 0 Å². The van der Waals surface area contributed by atoms with E-state index >= 15 is 0 Å². The highest BCUT2D eigenvalue weighted by molar-refractivity contribution is 5.75. The molecule has 0 unspecified atom stereocenters. The highest BCUT2D eigenvalue weighted by Gasteiger charge is 2.39. The topological polar surface area (TPSA) is 64.7 Å². The zero-order valence-corrected chi connectivity index (χ0v) is 15.3. The summed E-state index contributed by atoms with van der Waals surface area (Å²) >= 11 is 0.